The van der Waals surface area contributed by atoms with E-state index >= 15 is 0 Å². The minimum atomic E-state index is -0.698. The molecule has 2 fully saturated rings. The van der Waals surface area contributed by atoms with Crippen molar-refractivity contribution in [3.05, 3.63) is 97.6 Å². The average Bonchev–Trinajstić information content (AvgIpc) is 3.15. The van der Waals surface area contributed by atoms with Crippen molar-refractivity contribution >= 4 is 74.3 Å². The summed E-state index contributed by atoms with van der Waals surface area (Å²) in [4.78, 5) is 99.4. The summed E-state index contributed by atoms with van der Waals surface area (Å²) in [5, 5.41) is 5.22. The molecule has 3 aliphatic heterocycles. The molecule has 0 bridgehead atoms. The minimum Gasteiger partial charge on any atom is -0.303 e. The third-order valence-corrected chi connectivity index (χ3v) is 12.2. The Kier molecular flexibility index (Phi) is 6.38. The maximum absolute atomic E-state index is 14.7. The summed E-state index contributed by atoms with van der Waals surface area (Å²) in [6.45, 7) is 4.38. The molecule has 0 spiro atoms. The van der Waals surface area contributed by atoms with Crippen LogP contribution in [0.15, 0.2) is 53.3 Å². The molecule has 2 saturated carbocycles. The highest BCUT2D eigenvalue weighted by Crippen LogP contribution is 2.42. The predicted molar refractivity (Wildman–Crippen MR) is 191 cm³/mol. The molecule has 11 heteroatoms. The number of hydrogen-bond donors (Lipinski definition) is 1. The van der Waals surface area contributed by atoms with Crippen molar-refractivity contribution < 1.29 is 28.8 Å². The van der Waals surface area contributed by atoms with E-state index in [-0.39, 0.29) is 51.1 Å². The lowest BCUT2D eigenvalue weighted by Gasteiger charge is -2.42. The fraction of sp³-hybridized carbons (Fsp3) is 0.293. The molecule has 0 saturated heterocycles. The number of aromatic nitrogens is 1. The van der Waals surface area contributed by atoms with Crippen molar-refractivity contribution in [3.8, 4) is 0 Å². The van der Waals surface area contributed by atoms with Gasteiger partial charge in [-0.3, -0.25) is 48.7 Å². The number of carbonyl (C=O) groups excluding carboxylic acids is 6. The number of hydrogen-bond acceptors (Lipinski definition) is 7. The lowest BCUT2D eigenvalue weighted by molar-refractivity contribution is 0.0428. The van der Waals surface area contributed by atoms with Gasteiger partial charge in [0, 0.05) is 77.1 Å². The topological polar surface area (TPSA) is 143 Å². The Hall–Kier alpha value is -5.97. The van der Waals surface area contributed by atoms with Crippen molar-refractivity contribution in [2.45, 2.75) is 75.9 Å². The number of nitrogens with zero attached hydrogens (tertiary/aromatic N) is 3. The Morgan fingerprint density at radius 1 is 0.481 bits per heavy atom. The van der Waals surface area contributed by atoms with Gasteiger partial charge >= 0.3 is 0 Å². The molecular formula is C41H32N4O7. The molecule has 1 aromatic heterocycles. The highest BCUT2D eigenvalue weighted by molar-refractivity contribution is 6.33. The Morgan fingerprint density at radius 2 is 0.923 bits per heavy atom. The largest absolute Gasteiger partial charge is 0.303 e. The normalized spacial score (nSPS) is 21.9. The van der Waals surface area contributed by atoms with Gasteiger partial charge in [-0.1, -0.05) is 44.7 Å². The van der Waals surface area contributed by atoms with Crippen LogP contribution in [0.1, 0.15) is 126 Å². The number of benzene rings is 4. The highest BCUT2D eigenvalue weighted by Gasteiger charge is 2.45. The summed E-state index contributed by atoms with van der Waals surface area (Å²) in [6.07, 6.45) is 7.01. The SMILES string of the molecule is C=c1c2ccc3c4c(ccc(c(=O)n1[C@@H]1CCCC[C@H]1N1C(=O)c5ccc6c7c(ccc(c57)C1=O)C(=O)NC6=O)c42)C(=O)N(C1CCCCC1)C3=O. The fourth-order valence-corrected chi connectivity index (χ4v) is 9.84. The van der Waals surface area contributed by atoms with E-state index in [0.717, 1.165) is 44.9 Å². The second-order valence-corrected chi connectivity index (χ2v) is 14.7. The van der Waals surface area contributed by atoms with Gasteiger partial charge in [0.05, 0.1) is 12.1 Å². The third kappa shape index (κ3) is 3.88. The van der Waals surface area contributed by atoms with Crippen LogP contribution in [-0.4, -0.2) is 61.9 Å². The number of pyridine rings is 1. The smallest absolute Gasteiger partial charge is 0.261 e. The Labute approximate surface area is 295 Å². The third-order valence-electron chi connectivity index (χ3n) is 12.2. The minimum absolute atomic E-state index is 0.151. The van der Waals surface area contributed by atoms with E-state index in [1.165, 1.54) is 34.1 Å². The molecule has 1 N–H and O–H groups in total. The Balaban J connectivity index is 1.11. The lowest BCUT2D eigenvalue weighted by atomic mass is 9.83. The average molecular weight is 693 g/mol. The molecule has 2 aliphatic carbocycles. The predicted octanol–water partition coefficient (Wildman–Crippen LogP) is 5.03. The van der Waals surface area contributed by atoms with Crippen molar-refractivity contribution in [1.82, 2.24) is 19.7 Å². The van der Waals surface area contributed by atoms with E-state index in [9.17, 15) is 33.6 Å². The number of nitrogens with one attached hydrogen (secondary N) is 1. The second-order valence-electron chi connectivity index (χ2n) is 14.7. The van der Waals surface area contributed by atoms with Crippen LogP contribution in [-0.2, 0) is 0 Å². The number of rotatable bonds is 3. The molecule has 4 heterocycles. The standard InChI is InChI=1S/C41H32N4O7/c1-19-21-11-14-25-33-26(39(50)44(38(25)49)20-7-3-2-4-8-20)18-17-24(31(21)33)37(48)43(19)29-9-5-6-10-30(29)45-40(51)27-15-12-22-32-23(36(47)42-35(22)46)13-16-28(34(27)32)41(45)52/h11-18,20,29-30H,1-10H2,(H,42,46,47)/t29-,30-/m1/s1. The molecule has 6 amide bonds. The van der Waals surface area contributed by atoms with Crippen molar-refractivity contribution in [2.75, 3.05) is 0 Å². The van der Waals surface area contributed by atoms with Crippen LogP contribution in [0.5, 0.6) is 0 Å². The molecule has 52 heavy (non-hydrogen) atoms. The van der Waals surface area contributed by atoms with Crippen LogP contribution in [0.25, 0.3) is 38.9 Å². The molecule has 0 radical (unpaired) electrons. The van der Waals surface area contributed by atoms with Crippen molar-refractivity contribution in [1.29, 1.82) is 0 Å². The zero-order valence-electron chi connectivity index (χ0n) is 28.1. The molecule has 10 rings (SSSR count). The van der Waals surface area contributed by atoms with E-state index in [1.807, 2.05) is 0 Å². The lowest BCUT2D eigenvalue weighted by Crippen LogP contribution is -2.54. The van der Waals surface area contributed by atoms with Gasteiger partial charge in [-0.15, -0.1) is 0 Å². The van der Waals surface area contributed by atoms with Crippen molar-refractivity contribution in [2.24, 2.45) is 0 Å². The monoisotopic (exact) mass is 692 g/mol. The first-order valence-corrected chi connectivity index (χ1v) is 18.0. The molecule has 5 aromatic rings. The zero-order valence-corrected chi connectivity index (χ0v) is 28.1. The molecular weight excluding hydrogens is 660 g/mol. The number of imide groups is 3. The van der Waals surface area contributed by atoms with E-state index in [2.05, 4.69) is 11.9 Å². The van der Waals surface area contributed by atoms with Gasteiger partial charge in [-0.25, -0.2) is 0 Å². The maximum Gasteiger partial charge on any atom is 0.261 e. The number of amides is 6. The zero-order chi connectivity index (χ0) is 35.7. The van der Waals surface area contributed by atoms with Gasteiger partial charge in [-0.2, -0.15) is 0 Å². The Morgan fingerprint density at radius 3 is 1.52 bits per heavy atom. The van der Waals surface area contributed by atoms with Crippen LogP contribution in [0.2, 0.25) is 0 Å². The van der Waals surface area contributed by atoms with Crippen molar-refractivity contribution in [3.63, 3.8) is 0 Å². The second kappa shape index (κ2) is 10.8. The van der Waals surface area contributed by atoms with Crippen LogP contribution in [0.3, 0.4) is 0 Å². The fourth-order valence-electron chi connectivity index (χ4n) is 9.84. The molecule has 4 aromatic carbocycles. The maximum atomic E-state index is 14.7. The first-order valence-electron chi connectivity index (χ1n) is 18.0. The summed E-state index contributed by atoms with van der Waals surface area (Å²) < 4.78 is 1.60. The summed E-state index contributed by atoms with van der Waals surface area (Å²) >= 11 is 0. The van der Waals surface area contributed by atoms with Crippen LogP contribution in [0.4, 0.5) is 0 Å². The first kappa shape index (κ1) is 30.8. The van der Waals surface area contributed by atoms with Gasteiger partial charge in [-0.05, 0) is 68.1 Å². The molecule has 5 aliphatic rings. The van der Waals surface area contributed by atoms with Gasteiger partial charge < -0.3 is 4.57 Å². The summed E-state index contributed by atoms with van der Waals surface area (Å²) in [7, 11) is 0. The number of carbonyl (C=O) groups is 6. The summed E-state index contributed by atoms with van der Waals surface area (Å²) in [5.41, 5.74) is 1.30. The van der Waals surface area contributed by atoms with Gasteiger partial charge in [0.15, 0.2) is 0 Å². The van der Waals surface area contributed by atoms with Crippen LogP contribution >= 0.6 is 0 Å². The van der Waals surface area contributed by atoms with Gasteiger partial charge in [0.2, 0.25) is 0 Å². The first-order chi connectivity index (χ1) is 25.2. The van der Waals surface area contributed by atoms with E-state index in [1.54, 1.807) is 28.8 Å². The molecule has 258 valence electrons. The van der Waals surface area contributed by atoms with Crippen LogP contribution < -0.4 is 16.2 Å². The molecule has 0 unspecified atom stereocenters. The summed E-state index contributed by atoms with van der Waals surface area (Å²) in [6, 6.07) is 11.4. The van der Waals surface area contributed by atoms with Gasteiger partial charge in [0.25, 0.3) is 41.0 Å². The quantitative estimate of drug-likeness (QED) is 0.262. The van der Waals surface area contributed by atoms with E-state index < -0.39 is 35.7 Å². The molecule has 2 atom stereocenters. The van der Waals surface area contributed by atoms with Gasteiger partial charge in [0.1, 0.15) is 0 Å². The highest BCUT2D eigenvalue weighted by atomic mass is 16.2. The van der Waals surface area contributed by atoms with E-state index in [4.69, 9.17) is 0 Å². The Bertz CT molecular complexity index is 2540. The summed E-state index contributed by atoms with van der Waals surface area (Å²) in [5.74, 6) is -2.96. The van der Waals surface area contributed by atoms with Crippen LogP contribution in [0, 0.1) is 0 Å². The molecule has 11 nitrogen and oxygen atoms in total. The van der Waals surface area contributed by atoms with E-state index in [0.29, 0.717) is 56.2 Å².